The zero-order chi connectivity index (χ0) is 15.9. The average molecular weight is 304 g/mol. The number of aryl methyl sites for hydroxylation is 2. The van der Waals surface area contributed by atoms with Crippen LogP contribution in [0.15, 0.2) is 12.1 Å². The van der Waals surface area contributed by atoms with Gasteiger partial charge in [0.05, 0.1) is 45.4 Å². The third-order valence-electron chi connectivity index (χ3n) is 5.08. The molecule has 0 saturated carbocycles. The van der Waals surface area contributed by atoms with Gasteiger partial charge in [-0.05, 0) is 25.5 Å². The summed E-state index contributed by atoms with van der Waals surface area (Å²) in [6.45, 7) is 9.07. The van der Waals surface area contributed by atoms with Crippen LogP contribution in [0.1, 0.15) is 11.3 Å². The molecule has 1 fully saturated rings. The van der Waals surface area contributed by atoms with E-state index in [1.165, 1.54) is 5.56 Å². The van der Waals surface area contributed by atoms with E-state index in [0.717, 1.165) is 59.9 Å². The summed E-state index contributed by atoms with van der Waals surface area (Å²) < 4.78 is 2.87. The fourth-order valence-corrected chi connectivity index (χ4v) is 3.20. The van der Waals surface area contributed by atoms with Crippen molar-refractivity contribution in [2.45, 2.75) is 13.8 Å². The van der Waals surface area contributed by atoms with Crippen LogP contribution in [0.5, 0.6) is 0 Å². The normalized spacial score (nSPS) is 18.1. The first-order valence-corrected chi connectivity index (χ1v) is 7.89. The quantitative estimate of drug-likeness (QED) is 0.823. The van der Waals surface area contributed by atoms with E-state index in [1.807, 2.05) is 10.6 Å². The molecule has 3 N–H and O–H groups in total. The van der Waals surface area contributed by atoms with Gasteiger partial charge in [-0.15, -0.1) is 5.10 Å². The van der Waals surface area contributed by atoms with Gasteiger partial charge in [-0.25, -0.2) is 4.52 Å². The summed E-state index contributed by atoms with van der Waals surface area (Å²) in [4.78, 5) is 2.27. The Morgan fingerprint density at radius 3 is 2.59 bits per heavy atom. The van der Waals surface area contributed by atoms with Crippen molar-refractivity contribution in [3.8, 4) is 0 Å². The third kappa shape index (κ3) is 2.42. The molecule has 0 aromatic carbocycles. The molecule has 2 aromatic rings. The number of piperazine rings is 1. The monoisotopic (exact) mass is 304 g/mol. The Bertz CT molecular complexity index is 685. The van der Waals surface area contributed by atoms with Crippen LogP contribution in [-0.4, -0.2) is 65.6 Å². The number of aliphatic hydroxyl groups is 1. The zero-order valence-corrected chi connectivity index (χ0v) is 13.7. The molecule has 0 spiro atoms. The minimum absolute atomic E-state index is 0.242. The van der Waals surface area contributed by atoms with Crippen molar-refractivity contribution >= 4 is 17.0 Å². The molecule has 0 aliphatic carbocycles. The largest absolute Gasteiger partial charge is 0.394 e. The molecular formula is C16H26N5O+. The highest BCUT2D eigenvalue weighted by Gasteiger charge is 2.30. The van der Waals surface area contributed by atoms with E-state index in [0.29, 0.717) is 0 Å². The number of nitrogens with two attached hydrogens (primary N) is 1. The molecule has 0 amide bonds. The number of nitrogen functional groups attached to an aromatic ring is 1. The molecule has 0 atom stereocenters. The second-order valence-corrected chi connectivity index (χ2v) is 6.64. The van der Waals surface area contributed by atoms with Gasteiger partial charge >= 0.3 is 0 Å². The molecule has 120 valence electrons. The minimum Gasteiger partial charge on any atom is -0.394 e. The van der Waals surface area contributed by atoms with Gasteiger partial charge in [0.15, 0.2) is 5.82 Å². The summed E-state index contributed by atoms with van der Waals surface area (Å²) in [6, 6.07) is 4.14. The van der Waals surface area contributed by atoms with Gasteiger partial charge in [0.2, 0.25) is 0 Å². The molecule has 0 bridgehead atoms. The van der Waals surface area contributed by atoms with Crippen LogP contribution in [0.4, 0.5) is 11.5 Å². The number of quaternary nitrogens is 1. The predicted molar refractivity (Wildman–Crippen MR) is 89.2 cm³/mol. The molecule has 6 heteroatoms. The maximum absolute atomic E-state index is 9.20. The maximum Gasteiger partial charge on any atom is 0.175 e. The number of anilines is 2. The topological polar surface area (TPSA) is 66.8 Å². The lowest BCUT2D eigenvalue weighted by Crippen LogP contribution is -2.58. The van der Waals surface area contributed by atoms with Crippen molar-refractivity contribution in [2.24, 2.45) is 0 Å². The predicted octanol–water partition coefficient (Wildman–Crippen LogP) is 0.792. The fraction of sp³-hybridized carbons (Fsp3) is 0.562. The van der Waals surface area contributed by atoms with Gasteiger partial charge in [-0.3, -0.25) is 0 Å². The first kappa shape index (κ1) is 15.1. The molecular weight excluding hydrogens is 278 g/mol. The zero-order valence-electron chi connectivity index (χ0n) is 13.7. The van der Waals surface area contributed by atoms with E-state index in [-0.39, 0.29) is 6.61 Å². The highest BCUT2D eigenvalue weighted by atomic mass is 16.3. The van der Waals surface area contributed by atoms with Crippen LogP contribution >= 0.6 is 0 Å². The molecule has 2 aromatic heterocycles. The maximum atomic E-state index is 9.20. The van der Waals surface area contributed by atoms with Crippen molar-refractivity contribution < 1.29 is 9.59 Å². The molecule has 0 radical (unpaired) electrons. The van der Waals surface area contributed by atoms with Gasteiger partial charge in [-0.1, -0.05) is 6.07 Å². The Morgan fingerprint density at radius 2 is 1.95 bits per heavy atom. The summed E-state index contributed by atoms with van der Waals surface area (Å²) in [7, 11) is 2.20. The third-order valence-corrected chi connectivity index (χ3v) is 5.08. The van der Waals surface area contributed by atoms with Gasteiger partial charge < -0.3 is 20.2 Å². The van der Waals surface area contributed by atoms with Gasteiger partial charge in [-0.2, -0.15) is 0 Å². The molecule has 1 aliphatic rings. The summed E-state index contributed by atoms with van der Waals surface area (Å²) in [6.07, 6.45) is 0. The number of hydrogen-bond donors (Lipinski definition) is 2. The Hall–Kier alpha value is -1.79. The van der Waals surface area contributed by atoms with E-state index >= 15 is 0 Å². The molecule has 3 heterocycles. The highest BCUT2D eigenvalue weighted by molar-refractivity contribution is 5.81. The summed E-state index contributed by atoms with van der Waals surface area (Å²) in [5.41, 5.74) is 10.4. The Kier molecular flexibility index (Phi) is 3.74. The van der Waals surface area contributed by atoms with Crippen LogP contribution in [0.2, 0.25) is 0 Å². The lowest BCUT2D eigenvalue weighted by atomic mass is 10.2. The number of hydrogen-bond acceptors (Lipinski definition) is 4. The second kappa shape index (κ2) is 5.44. The number of aromatic nitrogens is 2. The number of pyridine rings is 1. The lowest BCUT2D eigenvalue weighted by molar-refractivity contribution is -0.910. The number of likely N-dealkylation sites (N-methyl/N-ethyl adjacent to an activating group) is 1. The van der Waals surface area contributed by atoms with E-state index in [1.54, 1.807) is 0 Å². The van der Waals surface area contributed by atoms with E-state index < -0.39 is 0 Å². The minimum atomic E-state index is 0.242. The number of nitrogens with zero attached hydrogens (tertiary/aromatic N) is 4. The van der Waals surface area contributed by atoms with Gasteiger partial charge in [0.1, 0.15) is 12.2 Å². The molecule has 22 heavy (non-hydrogen) atoms. The molecule has 1 saturated heterocycles. The van der Waals surface area contributed by atoms with Crippen molar-refractivity contribution in [1.29, 1.82) is 0 Å². The smallest absolute Gasteiger partial charge is 0.175 e. The van der Waals surface area contributed by atoms with Crippen LogP contribution < -0.4 is 10.6 Å². The van der Waals surface area contributed by atoms with Gasteiger partial charge in [0, 0.05) is 5.69 Å². The Labute approximate surface area is 131 Å². The first-order chi connectivity index (χ1) is 10.4. The summed E-state index contributed by atoms with van der Waals surface area (Å²) in [5.74, 6) is 0.893. The van der Waals surface area contributed by atoms with Crippen LogP contribution in [0, 0.1) is 13.8 Å². The van der Waals surface area contributed by atoms with Crippen molar-refractivity contribution in [1.82, 2.24) is 9.61 Å². The van der Waals surface area contributed by atoms with Crippen molar-refractivity contribution in [3.05, 3.63) is 23.4 Å². The number of aliphatic hydroxyl groups excluding tert-OH is 1. The van der Waals surface area contributed by atoms with E-state index in [4.69, 9.17) is 10.8 Å². The number of fused-ring (bicyclic) bond motifs is 1. The van der Waals surface area contributed by atoms with Gasteiger partial charge in [0.25, 0.3) is 0 Å². The summed E-state index contributed by atoms with van der Waals surface area (Å²) in [5, 5.41) is 13.9. The van der Waals surface area contributed by atoms with E-state index in [9.17, 15) is 5.11 Å². The van der Waals surface area contributed by atoms with Crippen LogP contribution in [-0.2, 0) is 0 Å². The highest BCUT2D eigenvalue weighted by Crippen LogP contribution is 2.29. The lowest BCUT2D eigenvalue weighted by Gasteiger charge is -2.41. The number of rotatable bonds is 3. The fourth-order valence-electron chi connectivity index (χ4n) is 3.20. The summed E-state index contributed by atoms with van der Waals surface area (Å²) >= 11 is 0. The molecule has 3 rings (SSSR count). The first-order valence-electron chi connectivity index (χ1n) is 7.89. The molecule has 1 aliphatic heterocycles. The van der Waals surface area contributed by atoms with Crippen LogP contribution in [0.25, 0.3) is 5.52 Å². The standard InChI is InChI=1S/C16H26N5O/c1-12-4-5-14-15(17)16(18-20(14)13(12)2)19-6-8-21(3,9-7-19)10-11-22/h4-5,22H,6-11,17H2,1-3H3/q+1. The second-order valence-electron chi connectivity index (χ2n) is 6.64. The Balaban J connectivity index is 1.89. The molecule has 0 unspecified atom stereocenters. The van der Waals surface area contributed by atoms with Crippen molar-refractivity contribution in [2.75, 3.05) is 57.0 Å². The van der Waals surface area contributed by atoms with Crippen molar-refractivity contribution in [3.63, 3.8) is 0 Å². The SMILES string of the molecule is Cc1ccc2c(N)c(N3CC[N+](C)(CCO)CC3)nn2c1C. The molecule has 6 nitrogen and oxygen atoms in total. The average Bonchev–Trinajstić information content (AvgIpc) is 2.82. The van der Waals surface area contributed by atoms with Crippen LogP contribution in [0.3, 0.4) is 0 Å². The Morgan fingerprint density at radius 1 is 1.27 bits per heavy atom. The van der Waals surface area contributed by atoms with E-state index in [2.05, 4.69) is 31.9 Å².